The van der Waals surface area contributed by atoms with Crippen molar-refractivity contribution in [1.29, 1.82) is 0 Å². The minimum atomic E-state index is -0.487. The van der Waals surface area contributed by atoms with Crippen LogP contribution in [-0.2, 0) is 11.3 Å². The van der Waals surface area contributed by atoms with Crippen molar-refractivity contribution in [2.24, 2.45) is 0 Å². The lowest BCUT2D eigenvalue weighted by Crippen LogP contribution is -2.05. The monoisotopic (exact) mass is 353 g/mol. The van der Waals surface area contributed by atoms with E-state index in [1.54, 1.807) is 24.3 Å². The van der Waals surface area contributed by atoms with Crippen molar-refractivity contribution >= 4 is 28.5 Å². The minimum absolute atomic E-state index is 0.109. The Kier molecular flexibility index (Phi) is 3.95. The van der Waals surface area contributed by atoms with Gasteiger partial charge in [0.05, 0.1) is 0 Å². The van der Waals surface area contributed by atoms with Crippen LogP contribution < -0.4 is 0 Å². The van der Waals surface area contributed by atoms with Crippen molar-refractivity contribution in [3.63, 3.8) is 0 Å². The molecule has 0 fully saturated rings. The Morgan fingerprint density at radius 1 is 1.16 bits per heavy atom. The van der Waals surface area contributed by atoms with Crippen LogP contribution in [0.4, 0.5) is 0 Å². The Morgan fingerprint density at radius 3 is 2.88 bits per heavy atom. The highest BCUT2D eigenvalue weighted by Crippen LogP contribution is 2.20. The van der Waals surface area contributed by atoms with Gasteiger partial charge in [-0.2, -0.15) is 4.98 Å². The third-order valence-electron chi connectivity index (χ3n) is 3.63. The summed E-state index contributed by atoms with van der Waals surface area (Å²) < 4.78 is 10.3. The molecule has 1 N–H and O–H groups in total. The van der Waals surface area contributed by atoms with Gasteiger partial charge in [-0.15, -0.1) is 0 Å². The van der Waals surface area contributed by atoms with E-state index in [9.17, 15) is 4.79 Å². The summed E-state index contributed by atoms with van der Waals surface area (Å²) in [6.07, 6.45) is 0. The fourth-order valence-electron chi connectivity index (χ4n) is 2.45. The van der Waals surface area contributed by atoms with Crippen molar-refractivity contribution in [1.82, 2.24) is 15.1 Å². The van der Waals surface area contributed by atoms with Gasteiger partial charge in [-0.25, -0.2) is 4.79 Å². The van der Waals surface area contributed by atoms with Gasteiger partial charge in [0.25, 0.3) is 5.89 Å². The predicted molar refractivity (Wildman–Crippen MR) is 92.2 cm³/mol. The average molecular weight is 354 g/mol. The number of carbonyl (C=O) groups excluding carboxylic acids is 1. The summed E-state index contributed by atoms with van der Waals surface area (Å²) in [4.78, 5) is 19.4. The van der Waals surface area contributed by atoms with Gasteiger partial charge in [-0.05, 0) is 24.3 Å². The number of rotatable bonds is 4. The number of H-pyrrole nitrogens is 1. The van der Waals surface area contributed by atoms with Crippen molar-refractivity contribution in [3.8, 4) is 11.4 Å². The van der Waals surface area contributed by atoms with Gasteiger partial charge in [0.15, 0.2) is 6.61 Å². The molecule has 4 aromatic rings. The standard InChI is InChI=1S/C18H12ClN3O3/c19-13-6-3-5-12(8-13)17-21-16(25-22-17)10-24-18(23)15-9-11-4-1-2-7-14(11)20-15/h1-9,20H,10H2. The van der Waals surface area contributed by atoms with E-state index in [1.807, 2.05) is 30.3 Å². The maximum Gasteiger partial charge on any atom is 0.355 e. The second-order valence-electron chi connectivity index (χ2n) is 5.37. The van der Waals surface area contributed by atoms with E-state index >= 15 is 0 Å². The summed E-state index contributed by atoms with van der Waals surface area (Å²) in [6, 6.07) is 16.4. The summed E-state index contributed by atoms with van der Waals surface area (Å²) in [6.45, 7) is -0.109. The molecule has 2 aromatic carbocycles. The summed E-state index contributed by atoms with van der Waals surface area (Å²) >= 11 is 5.95. The largest absolute Gasteiger partial charge is 0.451 e. The molecule has 0 saturated carbocycles. The lowest BCUT2D eigenvalue weighted by molar-refractivity contribution is 0.0424. The summed E-state index contributed by atoms with van der Waals surface area (Å²) in [5.74, 6) is 0.109. The zero-order valence-electron chi connectivity index (χ0n) is 12.9. The molecule has 0 aliphatic carbocycles. The van der Waals surface area contributed by atoms with Gasteiger partial charge < -0.3 is 14.2 Å². The molecular formula is C18H12ClN3O3. The first kappa shape index (κ1) is 15.4. The van der Waals surface area contributed by atoms with E-state index in [4.69, 9.17) is 20.9 Å². The first-order valence-corrected chi connectivity index (χ1v) is 7.90. The third-order valence-corrected chi connectivity index (χ3v) is 3.86. The molecule has 4 rings (SSSR count). The number of ether oxygens (including phenoxy) is 1. The smallest absolute Gasteiger partial charge is 0.355 e. The molecule has 0 atom stereocenters. The zero-order chi connectivity index (χ0) is 17.2. The number of aromatic nitrogens is 3. The zero-order valence-corrected chi connectivity index (χ0v) is 13.7. The molecule has 0 saturated heterocycles. The topological polar surface area (TPSA) is 81.0 Å². The molecule has 0 unspecified atom stereocenters. The third kappa shape index (κ3) is 3.25. The molecule has 0 aliphatic heterocycles. The quantitative estimate of drug-likeness (QED) is 0.555. The van der Waals surface area contributed by atoms with Crippen LogP contribution in [0.15, 0.2) is 59.1 Å². The second-order valence-corrected chi connectivity index (χ2v) is 5.80. The molecule has 2 aromatic heterocycles. The number of carbonyl (C=O) groups is 1. The number of hydrogen-bond donors (Lipinski definition) is 1. The van der Waals surface area contributed by atoms with Crippen LogP contribution in [0.2, 0.25) is 5.02 Å². The highest BCUT2D eigenvalue weighted by Gasteiger charge is 2.14. The van der Waals surface area contributed by atoms with Crippen LogP contribution >= 0.6 is 11.6 Å². The van der Waals surface area contributed by atoms with E-state index < -0.39 is 5.97 Å². The number of halogens is 1. The number of hydrogen-bond acceptors (Lipinski definition) is 5. The number of nitrogens with zero attached hydrogens (tertiary/aromatic N) is 2. The first-order chi connectivity index (χ1) is 12.2. The van der Waals surface area contributed by atoms with Crippen molar-refractivity contribution in [2.75, 3.05) is 0 Å². The average Bonchev–Trinajstić information content (AvgIpc) is 3.26. The van der Waals surface area contributed by atoms with Crippen LogP contribution in [0.1, 0.15) is 16.4 Å². The molecule has 0 spiro atoms. The fourth-order valence-corrected chi connectivity index (χ4v) is 2.64. The Labute approximate surface area is 147 Å². The van der Waals surface area contributed by atoms with Crippen LogP contribution in [0.25, 0.3) is 22.3 Å². The lowest BCUT2D eigenvalue weighted by atomic mass is 10.2. The van der Waals surface area contributed by atoms with E-state index in [0.29, 0.717) is 16.5 Å². The Balaban J connectivity index is 1.45. The van der Waals surface area contributed by atoms with E-state index in [1.165, 1.54) is 0 Å². The number of fused-ring (bicyclic) bond motifs is 1. The van der Waals surface area contributed by atoms with Crippen LogP contribution in [0.3, 0.4) is 0 Å². The maximum absolute atomic E-state index is 12.1. The maximum atomic E-state index is 12.1. The molecule has 0 amide bonds. The Hall–Kier alpha value is -3.12. The van der Waals surface area contributed by atoms with Gasteiger partial charge in [0, 0.05) is 21.5 Å². The Bertz CT molecular complexity index is 1020. The minimum Gasteiger partial charge on any atom is -0.451 e. The van der Waals surface area contributed by atoms with Gasteiger partial charge in [-0.3, -0.25) is 0 Å². The molecule has 124 valence electrons. The SMILES string of the molecule is O=C(OCc1nc(-c2cccc(Cl)c2)no1)c1cc2ccccc2[nH]1. The number of para-hydroxylation sites is 1. The summed E-state index contributed by atoms with van der Waals surface area (Å²) in [5.41, 5.74) is 1.97. The molecule has 2 heterocycles. The number of benzene rings is 2. The molecule has 6 nitrogen and oxygen atoms in total. The molecule has 7 heteroatoms. The van der Waals surface area contributed by atoms with Gasteiger partial charge in [-0.1, -0.05) is 47.1 Å². The van der Waals surface area contributed by atoms with Crippen LogP contribution in [-0.4, -0.2) is 21.1 Å². The molecule has 0 bridgehead atoms. The highest BCUT2D eigenvalue weighted by atomic mass is 35.5. The van der Waals surface area contributed by atoms with E-state index in [2.05, 4.69) is 15.1 Å². The molecule has 0 aliphatic rings. The number of nitrogens with one attached hydrogen (secondary N) is 1. The number of esters is 1. The lowest BCUT2D eigenvalue weighted by Gasteiger charge is -1.98. The normalized spacial score (nSPS) is 10.9. The van der Waals surface area contributed by atoms with Gasteiger partial charge in [0.1, 0.15) is 5.69 Å². The Morgan fingerprint density at radius 2 is 2.04 bits per heavy atom. The fraction of sp³-hybridized carbons (Fsp3) is 0.0556. The molecule has 25 heavy (non-hydrogen) atoms. The van der Waals surface area contributed by atoms with Crippen molar-refractivity contribution in [2.45, 2.75) is 6.61 Å². The van der Waals surface area contributed by atoms with E-state index in [-0.39, 0.29) is 12.5 Å². The van der Waals surface area contributed by atoms with Crippen molar-refractivity contribution < 1.29 is 14.1 Å². The predicted octanol–water partition coefficient (Wildman–Crippen LogP) is 4.23. The molecule has 0 radical (unpaired) electrons. The summed E-state index contributed by atoms with van der Waals surface area (Å²) in [5, 5.41) is 5.39. The first-order valence-electron chi connectivity index (χ1n) is 7.52. The van der Waals surface area contributed by atoms with Crippen molar-refractivity contribution in [3.05, 3.63) is 71.2 Å². The second kappa shape index (κ2) is 6.41. The van der Waals surface area contributed by atoms with Crippen LogP contribution in [0.5, 0.6) is 0 Å². The van der Waals surface area contributed by atoms with Gasteiger partial charge >= 0.3 is 5.97 Å². The van der Waals surface area contributed by atoms with Gasteiger partial charge in [0.2, 0.25) is 5.82 Å². The van der Waals surface area contributed by atoms with Crippen LogP contribution in [0, 0.1) is 0 Å². The summed E-state index contributed by atoms with van der Waals surface area (Å²) in [7, 11) is 0. The molecular weight excluding hydrogens is 342 g/mol. The number of aromatic amines is 1. The highest BCUT2D eigenvalue weighted by molar-refractivity contribution is 6.30. The van der Waals surface area contributed by atoms with E-state index in [0.717, 1.165) is 16.5 Å².